The van der Waals surface area contributed by atoms with Gasteiger partial charge in [-0.05, 0) is 36.4 Å². The van der Waals surface area contributed by atoms with Crippen LogP contribution in [-0.2, 0) is 11.2 Å². The largest absolute Gasteiger partial charge is 0.484 e. The molecule has 0 radical (unpaired) electrons. The maximum atomic E-state index is 13.0. The topological polar surface area (TPSA) is 73.2 Å². The van der Waals surface area contributed by atoms with E-state index in [1.54, 1.807) is 24.3 Å². The molecule has 2 aromatic carbocycles. The van der Waals surface area contributed by atoms with Crippen molar-refractivity contribution in [1.82, 2.24) is 14.9 Å². The van der Waals surface area contributed by atoms with Crippen LogP contribution in [0.15, 0.2) is 53.3 Å². The number of hydrogen-bond acceptors (Lipinski definition) is 4. The molecule has 1 aromatic heterocycles. The van der Waals surface area contributed by atoms with Crippen LogP contribution in [-0.4, -0.2) is 34.8 Å². The number of nitrogens with zero attached hydrogens (tertiary/aromatic N) is 2. The molecule has 152 valence electrons. The number of alkyl halides is 3. The second-order valence-electron chi connectivity index (χ2n) is 6.32. The molecule has 0 saturated carbocycles. The fourth-order valence-corrected chi connectivity index (χ4v) is 2.82. The molecule has 1 heterocycles. The Hall–Kier alpha value is -3.36. The predicted octanol–water partition coefficient (Wildman–Crippen LogP) is 3.01. The Balaban J connectivity index is 1.98. The minimum Gasteiger partial charge on any atom is -0.484 e. The smallest absolute Gasteiger partial charge is 0.422 e. The van der Waals surface area contributed by atoms with Crippen molar-refractivity contribution in [2.75, 3.05) is 13.2 Å². The Morgan fingerprint density at radius 2 is 1.83 bits per heavy atom. The van der Waals surface area contributed by atoms with Gasteiger partial charge in [0.2, 0.25) is 5.91 Å². The van der Waals surface area contributed by atoms with Crippen molar-refractivity contribution >= 4 is 16.8 Å². The number of carbonyl (C=O) groups is 1. The summed E-state index contributed by atoms with van der Waals surface area (Å²) in [5.74, 6) is 0.255. The van der Waals surface area contributed by atoms with Crippen molar-refractivity contribution in [3.63, 3.8) is 0 Å². The standard InChI is InChI=1S/C20H18F3N3O3/c1-13(27)24-11-10-18-25-17-5-3-2-4-16(17)19(28)26(18)14-6-8-15(9-7-14)29-12-20(21,22)23/h2-9H,10-12H2,1H3,(H,24,27). The van der Waals surface area contributed by atoms with Crippen LogP contribution in [0.3, 0.4) is 0 Å². The second-order valence-corrected chi connectivity index (χ2v) is 6.32. The van der Waals surface area contributed by atoms with Crippen molar-refractivity contribution in [3.8, 4) is 11.4 Å². The number of rotatable bonds is 6. The van der Waals surface area contributed by atoms with Gasteiger partial charge in [0.1, 0.15) is 11.6 Å². The third kappa shape index (κ3) is 5.13. The minimum atomic E-state index is -4.44. The number of carbonyl (C=O) groups excluding carboxylic acids is 1. The molecule has 0 aliphatic carbocycles. The van der Waals surface area contributed by atoms with Gasteiger partial charge >= 0.3 is 6.18 Å². The quantitative estimate of drug-likeness (QED) is 0.684. The monoisotopic (exact) mass is 405 g/mol. The van der Waals surface area contributed by atoms with Crippen LogP contribution >= 0.6 is 0 Å². The highest BCUT2D eigenvalue weighted by Crippen LogP contribution is 2.20. The molecule has 3 rings (SSSR count). The molecule has 0 bridgehead atoms. The molecule has 1 N–H and O–H groups in total. The van der Waals surface area contributed by atoms with E-state index in [4.69, 9.17) is 4.74 Å². The number of nitrogens with one attached hydrogen (secondary N) is 1. The molecule has 0 aliphatic rings. The molecule has 0 unspecified atom stereocenters. The van der Waals surface area contributed by atoms with Crippen molar-refractivity contribution < 1.29 is 22.7 Å². The number of fused-ring (bicyclic) bond motifs is 1. The van der Waals surface area contributed by atoms with E-state index in [-0.39, 0.29) is 23.8 Å². The minimum absolute atomic E-state index is 0.0349. The van der Waals surface area contributed by atoms with Crippen LogP contribution in [0.25, 0.3) is 16.6 Å². The Morgan fingerprint density at radius 3 is 2.48 bits per heavy atom. The summed E-state index contributed by atoms with van der Waals surface area (Å²) in [6.45, 7) is 0.277. The van der Waals surface area contributed by atoms with Crippen LogP contribution in [0.1, 0.15) is 12.7 Å². The van der Waals surface area contributed by atoms with Gasteiger partial charge in [0, 0.05) is 19.9 Å². The summed E-state index contributed by atoms with van der Waals surface area (Å²) in [6, 6.07) is 12.6. The van der Waals surface area contributed by atoms with Gasteiger partial charge in [-0.1, -0.05) is 12.1 Å². The first-order valence-corrected chi connectivity index (χ1v) is 8.80. The van der Waals surface area contributed by atoms with Crippen molar-refractivity contribution in [3.05, 3.63) is 64.7 Å². The number of ether oxygens (including phenoxy) is 1. The Kier molecular flexibility index (Phi) is 5.86. The van der Waals surface area contributed by atoms with Gasteiger partial charge in [-0.2, -0.15) is 13.2 Å². The van der Waals surface area contributed by atoms with Crippen LogP contribution in [0.4, 0.5) is 13.2 Å². The van der Waals surface area contributed by atoms with Gasteiger partial charge in [0.05, 0.1) is 16.6 Å². The highest BCUT2D eigenvalue weighted by Gasteiger charge is 2.28. The normalized spacial score (nSPS) is 11.4. The first-order chi connectivity index (χ1) is 13.7. The summed E-state index contributed by atoms with van der Waals surface area (Å²) in [6.07, 6.45) is -4.14. The molecular formula is C20H18F3N3O3. The predicted molar refractivity (Wildman–Crippen MR) is 101 cm³/mol. The average molecular weight is 405 g/mol. The lowest BCUT2D eigenvalue weighted by molar-refractivity contribution is -0.153. The molecule has 0 spiro atoms. The summed E-state index contributed by atoms with van der Waals surface area (Å²) in [5.41, 5.74) is 0.652. The number of amides is 1. The molecule has 3 aromatic rings. The summed E-state index contributed by atoms with van der Waals surface area (Å²) in [5, 5.41) is 3.07. The van der Waals surface area contributed by atoms with Crippen molar-refractivity contribution in [1.29, 1.82) is 0 Å². The molecule has 9 heteroatoms. The van der Waals surface area contributed by atoms with Gasteiger partial charge in [0.25, 0.3) is 5.56 Å². The Labute approximate surface area is 163 Å². The average Bonchev–Trinajstić information content (AvgIpc) is 2.66. The van der Waals surface area contributed by atoms with E-state index in [1.165, 1.54) is 35.8 Å². The SMILES string of the molecule is CC(=O)NCCc1nc2ccccc2c(=O)n1-c1ccc(OCC(F)(F)F)cc1. The molecular weight excluding hydrogens is 387 g/mol. The third-order valence-electron chi connectivity index (χ3n) is 4.07. The highest BCUT2D eigenvalue weighted by molar-refractivity contribution is 5.78. The molecule has 0 aliphatic heterocycles. The van der Waals surface area contributed by atoms with E-state index in [1.807, 2.05) is 0 Å². The van der Waals surface area contributed by atoms with E-state index in [2.05, 4.69) is 10.3 Å². The molecule has 0 saturated heterocycles. The number of benzene rings is 2. The lowest BCUT2D eigenvalue weighted by atomic mass is 10.2. The van der Waals surface area contributed by atoms with Gasteiger partial charge in [-0.25, -0.2) is 4.98 Å². The van der Waals surface area contributed by atoms with Crippen molar-refractivity contribution in [2.24, 2.45) is 0 Å². The lowest BCUT2D eigenvalue weighted by Crippen LogP contribution is -2.28. The summed E-state index contributed by atoms with van der Waals surface area (Å²) < 4.78 is 43.0. The number of para-hydroxylation sites is 1. The Bertz CT molecular complexity index is 1080. The van der Waals surface area contributed by atoms with Gasteiger partial charge in [-0.3, -0.25) is 14.2 Å². The fraction of sp³-hybridized carbons (Fsp3) is 0.250. The third-order valence-corrected chi connectivity index (χ3v) is 4.07. The molecule has 0 fully saturated rings. The van der Waals surface area contributed by atoms with Crippen LogP contribution in [0, 0.1) is 0 Å². The van der Waals surface area contributed by atoms with E-state index < -0.39 is 12.8 Å². The first kappa shape index (κ1) is 20.4. The molecule has 0 atom stereocenters. The van der Waals surface area contributed by atoms with Crippen LogP contribution in [0.5, 0.6) is 5.75 Å². The number of hydrogen-bond donors (Lipinski definition) is 1. The highest BCUT2D eigenvalue weighted by atomic mass is 19.4. The lowest BCUT2D eigenvalue weighted by Gasteiger charge is -2.15. The maximum Gasteiger partial charge on any atom is 0.422 e. The first-order valence-electron chi connectivity index (χ1n) is 8.80. The van der Waals surface area contributed by atoms with E-state index in [0.717, 1.165) is 0 Å². The van der Waals surface area contributed by atoms with E-state index in [9.17, 15) is 22.8 Å². The number of aromatic nitrogens is 2. The summed E-state index contributed by atoms with van der Waals surface area (Å²) in [4.78, 5) is 28.7. The summed E-state index contributed by atoms with van der Waals surface area (Å²) in [7, 11) is 0. The number of halogens is 3. The summed E-state index contributed by atoms with van der Waals surface area (Å²) >= 11 is 0. The van der Waals surface area contributed by atoms with Gasteiger partial charge < -0.3 is 10.1 Å². The molecule has 6 nitrogen and oxygen atoms in total. The maximum absolute atomic E-state index is 13.0. The van der Waals surface area contributed by atoms with Gasteiger partial charge in [-0.15, -0.1) is 0 Å². The fourth-order valence-electron chi connectivity index (χ4n) is 2.82. The Morgan fingerprint density at radius 1 is 1.14 bits per heavy atom. The molecule has 29 heavy (non-hydrogen) atoms. The van der Waals surface area contributed by atoms with Crippen LogP contribution < -0.4 is 15.6 Å². The zero-order chi connectivity index (χ0) is 21.0. The van der Waals surface area contributed by atoms with Crippen LogP contribution in [0.2, 0.25) is 0 Å². The second kappa shape index (κ2) is 8.34. The van der Waals surface area contributed by atoms with Gasteiger partial charge in [0.15, 0.2) is 6.61 Å². The zero-order valence-corrected chi connectivity index (χ0v) is 15.5. The van der Waals surface area contributed by atoms with E-state index >= 15 is 0 Å². The molecule has 1 amide bonds. The van der Waals surface area contributed by atoms with Crippen molar-refractivity contribution in [2.45, 2.75) is 19.5 Å². The van der Waals surface area contributed by atoms with E-state index in [0.29, 0.717) is 28.8 Å². The zero-order valence-electron chi connectivity index (χ0n) is 15.5.